The summed E-state index contributed by atoms with van der Waals surface area (Å²) < 4.78 is 0. The maximum atomic E-state index is 11.9. The molecule has 0 aliphatic carbocycles. The number of hydrogen-bond acceptors (Lipinski definition) is 5. The Morgan fingerprint density at radius 1 is 1.29 bits per heavy atom. The van der Waals surface area contributed by atoms with Crippen LogP contribution in [-0.2, 0) is 9.59 Å². The Labute approximate surface area is 122 Å². The van der Waals surface area contributed by atoms with Crippen molar-refractivity contribution < 1.29 is 19.5 Å². The van der Waals surface area contributed by atoms with Crippen LogP contribution >= 0.6 is 0 Å². The minimum atomic E-state index is -1.37. The van der Waals surface area contributed by atoms with E-state index in [4.69, 9.17) is 5.11 Å². The van der Waals surface area contributed by atoms with Crippen LogP contribution < -0.4 is 5.32 Å². The molecule has 0 radical (unpaired) electrons. The Balaban J connectivity index is 2.88. The van der Waals surface area contributed by atoms with Gasteiger partial charge in [-0.15, -0.1) is 0 Å². The zero-order valence-electron chi connectivity index (χ0n) is 12.1. The summed E-state index contributed by atoms with van der Waals surface area (Å²) >= 11 is 0. The number of nitrogens with one attached hydrogen (secondary N) is 1. The van der Waals surface area contributed by atoms with E-state index in [-0.39, 0.29) is 17.4 Å². The van der Waals surface area contributed by atoms with E-state index in [1.165, 1.54) is 6.20 Å². The van der Waals surface area contributed by atoms with Gasteiger partial charge in [0.2, 0.25) is 0 Å². The van der Waals surface area contributed by atoms with E-state index >= 15 is 0 Å². The third-order valence-electron chi connectivity index (χ3n) is 2.61. The van der Waals surface area contributed by atoms with E-state index in [0.29, 0.717) is 0 Å². The molecule has 0 aromatic carbocycles. The van der Waals surface area contributed by atoms with Crippen molar-refractivity contribution in [3.8, 4) is 0 Å². The predicted octanol–water partition coefficient (Wildman–Crippen LogP) is 0.653. The van der Waals surface area contributed by atoms with Gasteiger partial charge in [-0.05, 0) is 0 Å². The maximum absolute atomic E-state index is 11.9. The van der Waals surface area contributed by atoms with Crippen LogP contribution in [0, 0.1) is 5.41 Å². The summed E-state index contributed by atoms with van der Waals surface area (Å²) in [5.74, 6) is -3.43. The number of carbonyl (C=O) groups is 3. The van der Waals surface area contributed by atoms with Crippen molar-refractivity contribution in [2.24, 2.45) is 5.41 Å². The van der Waals surface area contributed by atoms with Crippen LogP contribution in [0.1, 0.15) is 31.3 Å². The van der Waals surface area contributed by atoms with Gasteiger partial charge in [0.25, 0.3) is 0 Å². The van der Waals surface area contributed by atoms with Gasteiger partial charge in [0.1, 0.15) is 0 Å². The molecule has 7 nitrogen and oxygen atoms in total. The third kappa shape index (κ3) is 4.30. The number of hydrogen-bond donors (Lipinski definition) is 2. The van der Waals surface area contributed by atoms with Crippen molar-refractivity contribution in [3.63, 3.8) is 0 Å². The Kier molecular flexibility index (Phi) is 5.07. The van der Waals surface area contributed by atoms with Crippen molar-refractivity contribution in [2.45, 2.75) is 26.6 Å². The van der Waals surface area contributed by atoms with Crippen LogP contribution in [0.4, 0.5) is 5.82 Å². The summed E-state index contributed by atoms with van der Waals surface area (Å²) in [5, 5.41) is 11.4. The number of carbonyl (C=O) groups excluding carboxylic acids is 2. The predicted molar refractivity (Wildman–Crippen MR) is 78.7 cm³/mol. The van der Waals surface area contributed by atoms with E-state index in [1.54, 1.807) is 20.8 Å². The number of aromatic nitrogens is 2. The number of amides is 1. The van der Waals surface area contributed by atoms with E-state index in [1.807, 2.05) is 0 Å². The molecule has 1 amide bonds. The summed E-state index contributed by atoms with van der Waals surface area (Å²) in [6, 6.07) is 0. The molecule has 21 heavy (non-hydrogen) atoms. The van der Waals surface area contributed by atoms with E-state index < -0.39 is 23.0 Å². The standard InChI is InChI=1S/C13H16BN3O4/c1-13(2,3)12(21)17-8-6-15-7(5-16-8)10(18)9(14-4)11(19)20/h5-6,9H,4H2,1-3H3,(H,19,20)(H,16,17,21). The van der Waals surface area contributed by atoms with Crippen LogP contribution in [-0.4, -0.2) is 46.1 Å². The van der Waals surface area contributed by atoms with Gasteiger partial charge in [0, 0.05) is 0 Å². The van der Waals surface area contributed by atoms with Crippen LogP contribution in [0.25, 0.3) is 0 Å². The molecule has 1 heterocycles. The number of rotatable bonds is 5. The number of ketones is 1. The number of carboxylic acid groups (broad SMARTS) is 1. The van der Waals surface area contributed by atoms with E-state index in [0.717, 1.165) is 13.1 Å². The first kappa shape index (κ1) is 16.7. The SMILES string of the molecule is C=BC(C(=O)O)C(=O)c1cnc(NC(=O)C(C)(C)C)cn1. The Hall–Kier alpha value is -2.38. The zero-order valence-corrected chi connectivity index (χ0v) is 12.1. The Morgan fingerprint density at radius 3 is 2.29 bits per heavy atom. The average Bonchev–Trinajstić information content (AvgIpc) is 2.38. The molecule has 0 saturated heterocycles. The molecule has 1 rings (SSSR count). The van der Waals surface area contributed by atoms with E-state index in [2.05, 4.69) is 21.8 Å². The molecule has 1 unspecified atom stereocenters. The normalized spacial score (nSPS) is 12.1. The van der Waals surface area contributed by atoms with Gasteiger partial charge < -0.3 is 0 Å². The molecule has 8 heteroatoms. The van der Waals surface area contributed by atoms with Gasteiger partial charge in [-0.25, -0.2) is 0 Å². The van der Waals surface area contributed by atoms with Crippen LogP contribution in [0.5, 0.6) is 0 Å². The van der Waals surface area contributed by atoms with Crippen LogP contribution in [0.2, 0.25) is 5.82 Å². The fraction of sp³-hybridized carbons (Fsp3) is 0.385. The monoisotopic (exact) mass is 289 g/mol. The molecule has 0 spiro atoms. The van der Waals surface area contributed by atoms with Crippen molar-refractivity contribution in [1.82, 2.24) is 9.97 Å². The number of Topliss-reactive ketones (excluding diaryl/α,β-unsaturated/α-hetero) is 1. The Morgan fingerprint density at radius 2 is 1.90 bits per heavy atom. The second kappa shape index (κ2) is 6.38. The molecule has 0 aliphatic heterocycles. The molecule has 0 fully saturated rings. The van der Waals surface area contributed by atoms with Gasteiger partial charge in [-0.3, -0.25) is 0 Å². The van der Waals surface area contributed by atoms with Crippen LogP contribution in [0.3, 0.4) is 0 Å². The molecule has 2 N–H and O–H groups in total. The molecule has 0 saturated carbocycles. The summed E-state index contributed by atoms with van der Waals surface area (Å²) in [7, 11) is 0. The first-order valence-electron chi connectivity index (χ1n) is 6.20. The minimum absolute atomic E-state index is 0.101. The van der Waals surface area contributed by atoms with Crippen molar-refractivity contribution in [2.75, 3.05) is 5.32 Å². The molecular formula is C13H16BN3O4. The quantitative estimate of drug-likeness (QED) is 0.468. The number of carboxylic acids is 1. The van der Waals surface area contributed by atoms with Crippen molar-refractivity contribution in [1.29, 1.82) is 0 Å². The third-order valence-corrected chi connectivity index (χ3v) is 2.61. The molecule has 1 aromatic heterocycles. The first-order chi connectivity index (χ1) is 9.66. The second-order valence-electron chi connectivity index (χ2n) is 5.41. The van der Waals surface area contributed by atoms with Gasteiger partial charge in [0.05, 0.1) is 0 Å². The molecule has 1 aromatic rings. The summed E-state index contributed by atoms with van der Waals surface area (Å²) in [4.78, 5) is 42.2. The average molecular weight is 289 g/mol. The topological polar surface area (TPSA) is 109 Å². The summed E-state index contributed by atoms with van der Waals surface area (Å²) in [5.41, 5.74) is -0.691. The van der Waals surface area contributed by atoms with Gasteiger partial charge in [-0.2, -0.15) is 0 Å². The number of nitrogens with zero attached hydrogens (tertiary/aromatic N) is 2. The van der Waals surface area contributed by atoms with Gasteiger partial charge >= 0.3 is 122 Å². The second-order valence-corrected chi connectivity index (χ2v) is 5.41. The summed E-state index contributed by atoms with van der Waals surface area (Å²) in [6.07, 6.45) is 2.33. The number of anilines is 1. The first-order valence-corrected chi connectivity index (χ1v) is 6.20. The van der Waals surface area contributed by atoms with Gasteiger partial charge in [0.15, 0.2) is 0 Å². The summed E-state index contributed by atoms with van der Waals surface area (Å²) in [6.45, 7) is 9.57. The van der Waals surface area contributed by atoms with E-state index in [9.17, 15) is 14.4 Å². The van der Waals surface area contributed by atoms with Crippen molar-refractivity contribution in [3.05, 3.63) is 18.1 Å². The fourth-order valence-corrected chi connectivity index (χ4v) is 1.30. The van der Waals surface area contributed by atoms with Crippen molar-refractivity contribution >= 4 is 36.9 Å². The van der Waals surface area contributed by atoms with Crippen LogP contribution in [0.15, 0.2) is 12.4 Å². The van der Waals surface area contributed by atoms with Gasteiger partial charge in [-0.1, -0.05) is 0 Å². The Bertz CT molecular complexity index is 578. The molecule has 0 aliphatic rings. The fourth-order valence-electron chi connectivity index (χ4n) is 1.30. The number of aliphatic carboxylic acids is 1. The molecule has 0 bridgehead atoms. The zero-order chi connectivity index (χ0) is 16.2. The molecular weight excluding hydrogens is 273 g/mol. The molecule has 110 valence electrons. The molecule has 1 atom stereocenters.